The predicted octanol–water partition coefficient (Wildman–Crippen LogP) is 4.06. The van der Waals surface area contributed by atoms with Gasteiger partial charge in [0.05, 0.1) is 18.8 Å². The number of aliphatic hydroxyl groups is 1. The van der Waals surface area contributed by atoms with Crippen molar-refractivity contribution < 1.29 is 37.3 Å². The molecule has 44 heavy (non-hydrogen) atoms. The lowest BCUT2D eigenvalue weighted by Gasteiger charge is -2.41. The zero-order valence-electron chi connectivity index (χ0n) is 24.2. The molecule has 3 heterocycles. The van der Waals surface area contributed by atoms with Crippen LogP contribution in [0.1, 0.15) is 54.4 Å². The van der Waals surface area contributed by atoms with Crippen LogP contribution in [0.5, 0.6) is 0 Å². The number of likely N-dealkylation sites (tertiary alicyclic amines) is 1. The highest BCUT2D eigenvalue weighted by Gasteiger charge is 2.47. The molecule has 0 bridgehead atoms. The first-order chi connectivity index (χ1) is 21.0. The van der Waals surface area contributed by atoms with Crippen LogP contribution in [0.25, 0.3) is 0 Å². The zero-order valence-corrected chi connectivity index (χ0v) is 25.1. The molecule has 0 saturated carbocycles. The van der Waals surface area contributed by atoms with Gasteiger partial charge in [-0.2, -0.15) is 13.2 Å². The number of hydrogen-bond acceptors (Lipinski definition) is 8. The molecule has 0 spiro atoms. The van der Waals surface area contributed by atoms with Crippen molar-refractivity contribution in [2.75, 3.05) is 12.3 Å². The van der Waals surface area contributed by atoms with Crippen LogP contribution >= 0.6 is 11.8 Å². The van der Waals surface area contributed by atoms with Crippen LogP contribution < -0.4 is 5.32 Å². The molecule has 2 saturated heterocycles. The zero-order chi connectivity index (χ0) is 31.4. The van der Waals surface area contributed by atoms with Crippen LogP contribution in [0.15, 0.2) is 60.0 Å². The molecule has 2 aliphatic rings. The van der Waals surface area contributed by atoms with E-state index in [9.17, 15) is 27.9 Å². The fraction of sp³-hybridized carbons (Fsp3) is 0.467. The molecule has 2 aromatic carbocycles. The third-order valence-electron chi connectivity index (χ3n) is 7.95. The highest BCUT2D eigenvalue weighted by molar-refractivity contribution is 7.99. The van der Waals surface area contributed by atoms with Crippen LogP contribution in [0, 0.1) is 5.92 Å². The Bertz CT molecular complexity index is 1440. The van der Waals surface area contributed by atoms with E-state index in [4.69, 9.17) is 9.47 Å². The van der Waals surface area contributed by atoms with Gasteiger partial charge in [0.25, 0.3) is 0 Å². The molecular formula is C30H34F3N5O5S. The van der Waals surface area contributed by atoms with E-state index in [0.29, 0.717) is 17.1 Å². The molecule has 236 valence electrons. The number of rotatable bonds is 9. The third kappa shape index (κ3) is 7.25. The fourth-order valence-corrected chi connectivity index (χ4v) is 6.47. The van der Waals surface area contributed by atoms with Crippen LogP contribution in [0.2, 0.25) is 0 Å². The van der Waals surface area contributed by atoms with Gasteiger partial charge < -0.3 is 29.4 Å². The quantitative estimate of drug-likeness (QED) is 0.339. The Morgan fingerprint density at radius 3 is 2.39 bits per heavy atom. The minimum atomic E-state index is -5.02. The first-order valence-electron chi connectivity index (χ1n) is 14.3. The molecule has 14 heteroatoms. The summed E-state index contributed by atoms with van der Waals surface area (Å²) in [5.74, 6) is -2.01. The van der Waals surface area contributed by atoms with Gasteiger partial charge in [0.1, 0.15) is 12.4 Å². The van der Waals surface area contributed by atoms with Gasteiger partial charge in [0, 0.05) is 37.4 Å². The SMILES string of the molecule is C[C@H]1[C@@H](CSc2nncn2C)O[C@@H](c2ccc(CNC(=O)[C@@H]3CCCN3C(=O)C(F)(F)F)cc2)O[C@H]1c1ccc(CO)cc1. The average Bonchev–Trinajstić information content (AvgIpc) is 3.68. The van der Waals surface area contributed by atoms with Gasteiger partial charge in [0.15, 0.2) is 11.4 Å². The monoisotopic (exact) mass is 633 g/mol. The number of nitrogens with one attached hydrogen (secondary N) is 1. The van der Waals surface area contributed by atoms with Crippen LogP contribution in [0.4, 0.5) is 13.2 Å². The summed E-state index contributed by atoms with van der Waals surface area (Å²) in [6.07, 6.45) is -4.05. The van der Waals surface area contributed by atoms with Crippen molar-refractivity contribution in [1.29, 1.82) is 0 Å². The van der Waals surface area contributed by atoms with E-state index in [-0.39, 0.29) is 44.2 Å². The Morgan fingerprint density at radius 1 is 1.07 bits per heavy atom. The van der Waals surface area contributed by atoms with E-state index in [1.54, 1.807) is 18.5 Å². The summed E-state index contributed by atoms with van der Waals surface area (Å²) < 4.78 is 53.6. The number of hydrogen-bond donors (Lipinski definition) is 2. The second kappa shape index (κ2) is 13.7. The lowest BCUT2D eigenvalue weighted by molar-refractivity contribution is -0.268. The number of ether oxygens (including phenoxy) is 2. The number of aryl methyl sites for hydroxylation is 1. The summed E-state index contributed by atoms with van der Waals surface area (Å²) in [5.41, 5.74) is 3.24. The van der Waals surface area contributed by atoms with Gasteiger partial charge in [-0.3, -0.25) is 9.59 Å². The lowest BCUT2D eigenvalue weighted by atomic mass is 9.91. The van der Waals surface area contributed by atoms with Gasteiger partial charge in [-0.25, -0.2) is 0 Å². The van der Waals surface area contributed by atoms with Gasteiger partial charge in [-0.1, -0.05) is 67.2 Å². The summed E-state index contributed by atoms with van der Waals surface area (Å²) in [6.45, 7) is 2.00. The number of halogens is 3. The molecule has 0 unspecified atom stereocenters. The molecule has 0 aliphatic carbocycles. The second-order valence-electron chi connectivity index (χ2n) is 11.0. The van der Waals surface area contributed by atoms with E-state index >= 15 is 0 Å². The van der Waals surface area contributed by atoms with Gasteiger partial charge in [-0.15, -0.1) is 10.2 Å². The standard InChI is InChI=1S/C30H34F3N5O5S/c1-18-24(16-44-29-36-35-17-37(29)2)42-27(43-25(18)21-9-7-20(15-39)8-10-21)22-11-5-19(6-12-22)14-34-26(40)23-4-3-13-38(23)28(41)30(31,32)33/h5-12,17-18,23-25,27,39H,3-4,13-16H2,1-2H3,(H,34,40)/t18-,23-,24+,25+,27+/m0/s1. The van der Waals surface area contributed by atoms with Crippen LogP contribution in [-0.2, 0) is 39.3 Å². The van der Waals surface area contributed by atoms with Gasteiger partial charge >= 0.3 is 12.1 Å². The maximum Gasteiger partial charge on any atom is 0.471 e. The molecule has 3 aromatic rings. The first-order valence-corrected chi connectivity index (χ1v) is 15.3. The van der Waals surface area contributed by atoms with E-state index in [2.05, 4.69) is 22.4 Å². The first kappa shape index (κ1) is 31.9. The third-order valence-corrected chi connectivity index (χ3v) is 9.07. The minimum absolute atomic E-state index is 0.0131. The summed E-state index contributed by atoms with van der Waals surface area (Å²) in [6, 6.07) is 13.7. The molecule has 2 fully saturated rings. The van der Waals surface area contributed by atoms with Crippen molar-refractivity contribution in [3.63, 3.8) is 0 Å². The topological polar surface area (TPSA) is 119 Å². The van der Waals surface area contributed by atoms with Gasteiger partial charge in [0.2, 0.25) is 5.91 Å². The molecule has 2 amide bonds. The number of nitrogens with zero attached hydrogens (tertiary/aromatic N) is 4. The predicted molar refractivity (Wildman–Crippen MR) is 154 cm³/mol. The summed E-state index contributed by atoms with van der Waals surface area (Å²) in [7, 11) is 1.88. The maximum absolute atomic E-state index is 12.9. The number of aliphatic hydroxyl groups excluding tert-OH is 1. The van der Waals surface area contributed by atoms with Crippen molar-refractivity contribution in [2.24, 2.45) is 13.0 Å². The van der Waals surface area contributed by atoms with Crippen LogP contribution in [0.3, 0.4) is 0 Å². The molecule has 10 nitrogen and oxygen atoms in total. The molecule has 2 aliphatic heterocycles. The minimum Gasteiger partial charge on any atom is -0.392 e. The molecular weight excluding hydrogens is 599 g/mol. The highest BCUT2D eigenvalue weighted by Crippen LogP contribution is 2.43. The number of carbonyl (C=O) groups excluding carboxylic acids is 2. The summed E-state index contributed by atoms with van der Waals surface area (Å²) in [5, 5.41) is 21.0. The Hall–Kier alpha value is -3.46. The summed E-state index contributed by atoms with van der Waals surface area (Å²) >= 11 is 1.54. The Balaban J connectivity index is 1.26. The Morgan fingerprint density at radius 2 is 1.75 bits per heavy atom. The van der Waals surface area contributed by atoms with E-state index in [0.717, 1.165) is 27.4 Å². The summed E-state index contributed by atoms with van der Waals surface area (Å²) in [4.78, 5) is 25.0. The van der Waals surface area contributed by atoms with Crippen LogP contribution in [-0.4, -0.2) is 67.2 Å². The Labute approximate surface area is 256 Å². The Kier molecular flexibility index (Phi) is 9.93. The lowest BCUT2D eigenvalue weighted by Crippen LogP contribution is -2.50. The maximum atomic E-state index is 12.9. The van der Waals surface area contributed by atoms with Crippen molar-refractivity contribution in [1.82, 2.24) is 25.0 Å². The normalized spacial score (nSPS) is 24.0. The smallest absolute Gasteiger partial charge is 0.392 e. The number of thioether (sulfide) groups is 1. The second-order valence-corrected chi connectivity index (χ2v) is 12.0. The number of alkyl halides is 3. The highest BCUT2D eigenvalue weighted by atomic mass is 32.2. The van der Waals surface area contributed by atoms with E-state index in [1.807, 2.05) is 48.0 Å². The van der Waals surface area contributed by atoms with Crippen molar-refractivity contribution in [3.05, 3.63) is 77.1 Å². The molecule has 0 radical (unpaired) electrons. The molecule has 5 atom stereocenters. The number of amides is 2. The molecule has 2 N–H and O–H groups in total. The van der Waals surface area contributed by atoms with Crippen molar-refractivity contribution in [2.45, 2.75) is 68.8 Å². The van der Waals surface area contributed by atoms with E-state index < -0.39 is 30.3 Å². The number of carbonyl (C=O) groups is 2. The van der Waals surface area contributed by atoms with Crippen molar-refractivity contribution in [3.8, 4) is 0 Å². The van der Waals surface area contributed by atoms with Gasteiger partial charge in [-0.05, 0) is 29.5 Å². The number of aromatic nitrogens is 3. The molecule has 1 aromatic heterocycles. The molecule has 5 rings (SSSR count). The van der Waals surface area contributed by atoms with Crippen molar-refractivity contribution >= 4 is 23.6 Å². The average molecular weight is 634 g/mol. The van der Waals surface area contributed by atoms with E-state index in [1.165, 1.54) is 11.8 Å². The largest absolute Gasteiger partial charge is 0.471 e. The fourth-order valence-electron chi connectivity index (χ4n) is 5.41. The number of benzene rings is 2.